The highest BCUT2D eigenvalue weighted by Gasteiger charge is 2.19. The molecule has 0 aliphatic carbocycles. The summed E-state index contributed by atoms with van der Waals surface area (Å²) in [6.45, 7) is 5.33. The molecule has 1 amide bonds. The lowest BCUT2D eigenvalue weighted by Crippen LogP contribution is -2.11. The van der Waals surface area contributed by atoms with Gasteiger partial charge < -0.3 is 10.6 Å². The van der Waals surface area contributed by atoms with E-state index in [0.29, 0.717) is 17.4 Å². The Morgan fingerprint density at radius 1 is 1.50 bits per heavy atom. The number of carbonyl (C=O) groups excluding carboxylic acids is 1. The quantitative estimate of drug-likeness (QED) is 0.854. The molecule has 2 rings (SSSR count). The number of benzene rings is 1. The van der Waals surface area contributed by atoms with E-state index in [1.807, 2.05) is 12.1 Å². The number of anilines is 2. The van der Waals surface area contributed by atoms with Gasteiger partial charge in [0.2, 0.25) is 5.91 Å². The molecule has 1 heterocycles. The van der Waals surface area contributed by atoms with Gasteiger partial charge in [0.25, 0.3) is 0 Å². The van der Waals surface area contributed by atoms with Crippen LogP contribution >= 0.6 is 11.6 Å². The van der Waals surface area contributed by atoms with Crippen LogP contribution in [-0.4, -0.2) is 12.5 Å². The first kappa shape index (κ1) is 13.2. The van der Waals surface area contributed by atoms with Crippen LogP contribution in [0.1, 0.15) is 32.3 Å². The largest absolute Gasteiger partial charge is 0.384 e. The van der Waals surface area contributed by atoms with Crippen LogP contribution in [0.3, 0.4) is 0 Å². The van der Waals surface area contributed by atoms with Crippen LogP contribution in [0.4, 0.5) is 11.4 Å². The number of hydrogen-bond donors (Lipinski definition) is 2. The molecule has 0 aromatic heterocycles. The van der Waals surface area contributed by atoms with Crippen LogP contribution in [0.15, 0.2) is 12.1 Å². The normalized spacial score (nSPS) is 15.2. The van der Waals surface area contributed by atoms with E-state index in [1.165, 1.54) is 12.8 Å². The number of halogens is 1. The molecule has 1 aromatic carbocycles. The van der Waals surface area contributed by atoms with Crippen molar-refractivity contribution < 1.29 is 4.79 Å². The Balaban J connectivity index is 2.06. The van der Waals surface area contributed by atoms with E-state index < -0.39 is 0 Å². The van der Waals surface area contributed by atoms with Crippen molar-refractivity contribution in [2.45, 2.75) is 33.1 Å². The summed E-state index contributed by atoms with van der Waals surface area (Å²) >= 11 is 6.20. The molecular weight excluding hydrogens is 248 g/mol. The molecule has 18 heavy (non-hydrogen) atoms. The summed E-state index contributed by atoms with van der Waals surface area (Å²) in [7, 11) is 0. The molecule has 98 valence electrons. The Kier molecular flexibility index (Phi) is 4.12. The topological polar surface area (TPSA) is 41.1 Å². The van der Waals surface area contributed by atoms with E-state index in [0.717, 1.165) is 23.5 Å². The second-order valence-corrected chi connectivity index (χ2v) is 5.40. The maximum Gasteiger partial charge on any atom is 0.228 e. The van der Waals surface area contributed by atoms with Gasteiger partial charge in [-0.1, -0.05) is 31.9 Å². The first-order valence-corrected chi connectivity index (χ1v) is 6.84. The van der Waals surface area contributed by atoms with Crippen molar-refractivity contribution in [1.82, 2.24) is 0 Å². The SMILES string of the molecule is CCCC(C)CNc1cc2c(cc1Cl)NC(=O)C2. The molecule has 0 fully saturated rings. The Bertz CT molecular complexity index is 459. The summed E-state index contributed by atoms with van der Waals surface area (Å²) in [6, 6.07) is 3.81. The minimum atomic E-state index is 0.0394. The maximum absolute atomic E-state index is 11.3. The molecular formula is C14H19ClN2O. The lowest BCUT2D eigenvalue weighted by molar-refractivity contribution is -0.115. The summed E-state index contributed by atoms with van der Waals surface area (Å²) < 4.78 is 0. The molecule has 0 saturated heterocycles. The summed E-state index contributed by atoms with van der Waals surface area (Å²) in [4.78, 5) is 11.3. The Morgan fingerprint density at radius 3 is 3.00 bits per heavy atom. The fourth-order valence-electron chi connectivity index (χ4n) is 2.26. The highest BCUT2D eigenvalue weighted by atomic mass is 35.5. The summed E-state index contributed by atoms with van der Waals surface area (Å²) in [5, 5.41) is 6.84. The van der Waals surface area contributed by atoms with Gasteiger partial charge in [-0.3, -0.25) is 4.79 Å². The highest BCUT2D eigenvalue weighted by molar-refractivity contribution is 6.33. The number of amides is 1. The van der Waals surface area contributed by atoms with Crippen molar-refractivity contribution in [1.29, 1.82) is 0 Å². The van der Waals surface area contributed by atoms with E-state index in [2.05, 4.69) is 24.5 Å². The average Bonchev–Trinajstić information content (AvgIpc) is 2.65. The third-order valence-electron chi connectivity index (χ3n) is 3.24. The maximum atomic E-state index is 11.3. The van der Waals surface area contributed by atoms with Gasteiger partial charge in [-0.15, -0.1) is 0 Å². The van der Waals surface area contributed by atoms with Crippen molar-refractivity contribution >= 4 is 28.9 Å². The van der Waals surface area contributed by atoms with Crippen LogP contribution in [0.5, 0.6) is 0 Å². The van der Waals surface area contributed by atoms with Crippen LogP contribution in [0, 0.1) is 5.92 Å². The molecule has 0 spiro atoms. The van der Waals surface area contributed by atoms with Crippen molar-refractivity contribution in [3.8, 4) is 0 Å². The number of hydrogen-bond acceptors (Lipinski definition) is 2. The monoisotopic (exact) mass is 266 g/mol. The molecule has 1 unspecified atom stereocenters. The molecule has 0 bridgehead atoms. The molecule has 3 nitrogen and oxygen atoms in total. The minimum absolute atomic E-state index is 0.0394. The first-order chi connectivity index (χ1) is 8.60. The summed E-state index contributed by atoms with van der Waals surface area (Å²) in [5.41, 5.74) is 2.79. The predicted molar refractivity (Wildman–Crippen MR) is 76.3 cm³/mol. The molecule has 0 radical (unpaired) electrons. The molecule has 1 aliphatic rings. The summed E-state index contributed by atoms with van der Waals surface area (Å²) in [6.07, 6.45) is 2.85. The lowest BCUT2D eigenvalue weighted by atomic mass is 10.1. The van der Waals surface area contributed by atoms with E-state index in [9.17, 15) is 4.79 Å². The van der Waals surface area contributed by atoms with Crippen molar-refractivity contribution in [3.05, 3.63) is 22.7 Å². The Labute approximate surface area is 113 Å². The average molecular weight is 267 g/mol. The van der Waals surface area contributed by atoms with Gasteiger partial charge in [0.05, 0.1) is 17.1 Å². The van der Waals surface area contributed by atoms with Crippen LogP contribution in [0.25, 0.3) is 0 Å². The van der Waals surface area contributed by atoms with Crippen LogP contribution in [0.2, 0.25) is 5.02 Å². The lowest BCUT2D eigenvalue weighted by Gasteiger charge is -2.14. The third-order valence-corrected chi connectivity index (χ3v) is 3.55. The smallest absolute Gasteiger partial charge is 0.228 e. The zero-order chi connectivity index (χ0) is 13.1. The number of fused-ring (bicyclic) bond motifs is 1. The van der Waals surface area contributed by atoms with Crippen molar-refractivity contribution in [3.63, 3.8) is 0 Å². The Morgan fingerprint density at radius 2 is 2.28 bits per heavy atom. The molecule has 1 atom stereocenters. The predicted octanol–water partition coefficient (Wildman–Crippen LogP) is 3.68. The molecule has 1 aliphatic heterocycles. The first-order valence-electron chi connectivity index (χ1n) is 6.46. The molecule has 2 N–H and O–H groups in total. The van der Waals surface area contributed by atoms with Crippen LogP contribution in [-0.2, 0) is 11.2 Å². The minimum Gasteiger partial charge on any atom is -0.384 e. The van der Waals surface area contributed by atoms with E-state index >= 15 is 0 Å². The highest BCUT2D eigenvalue weighted by Crippen LogP contribution is 2.32. The van der Waals surface area contributed by atoms with Crippen LogP contribution < -0.4 is 10.6 Å². The summed E-state index contributed by atoms with van der Waals surface area (Å²) in [5.74, 6) is 0.664. The number of nitrogens with one attached hydrogen (secondary N) is 2. The van der Waals surface area contributed by atoms with Gasteiger partial charge in [-0.25, -0.2) is 0 Å². The van der Waals surface area contributed by atoms with Crippen molar-refractivity contribution in [2.24, 2.45) is 5.92 Å². The van der Waals surface area contributed by atoms with E-state index in [-0.39, 0.29) is 5.91 Å². The van der Waals surface area contributed by atoms with Gasteiger partial charge in [0, 0.05) is 12.2 Å². The van der Waals surface area contributed by atoms with Crippen molar-refractivity contribution in [2.75, 3.05) is 17.2 Å². The standard InChI is InChI=1S/C14H19ClN2O/c1-3-4-9(2)8-16-13-5-10-6-14(18)17-12(10)7-11(13)15/h5,7,9,16H,3-4,6,8H2,1-2H3,(H,17,18). The second-order valence-electron chi connectivity index (χ2n) is 4.99. The van der Waals surface area contributed by atoms with E-state index in [1.54, 1.807) is 0 Å². The van der Waals surface area contributed by atoms with Gasteiger partial charge >= 0.3 is 0 Å². The number of carbonyl (C=O) groups is 1. The van der Waals surface area contributed by atoms with Gasteiger partial charge in [-0.05, 0) is 30.0 Å². The third kappa shape index (κ3) is 2.96. The molecule has 1 aromatic rings. The Hall–Kier alpha value is -1.22. The molecule has 0 saturated carbocycles. The second kappa shape index (κ2) is 5.61. The van der Waals surface area contributed by atoms with Gasteiger partial charge in [0.1, 0.15) is 0 Å². The fraction of sp³-hybridized carbons (Fsp3) is 0.500. The van der Waals surface area contributed by atoms with Gasteiger partial charge in [-0.2, -0.15) is 0 Å². The number of rotatable bonds is 5. The van der Waals surface area contributed by atoms with Gasteiger partial charge in [0.15, 0.2) is 0 Å². The fourth-order valence-corrected chi connectivity index (χ4v) is 2.49. The zero-order valence-corrected chi connectivity index (χ0v) is 11.6. The van der Waals surface area contributed by atoms with E-state index in [4.69, 9.17) is 11.6 Å². The zero-order valence-electron chi connectivity index (χ0n) is 10.8. The molecule has 4 heteroatoms.